The second-order valence-electron chi connectivity index (χ2n) is 6.01. The number of hydrogen-bond donors (Lipinski definition) is 5. The Kier molecular flexibility index (Phi) is 6.99. The Morgan fingerprint density at radius 3 is 2.26 bits per heavy atom. The molecule has 0 heterocycles. The Morgan fingerprint density at radius 2 is 1.78 bits per heavy atom. The van der Waals surface area contributed by atoms with Crippen LogP contribution in [0.25, 0.3) is 0 Å². The first-order chi connectivity index (χ1) is 10.7. The summed E-state index contributed by atoms with van der Waals surface area (Å²) in [6.45, 7) is 3.68. The number of benzene rings is 1. The molecule has 1 aromatic carbocycles. The molecular weight excluding hydrogens is 300 g/mol. The number of amides is 1. The Balaban J connectivity index is 2.63. The number of phenolic OH excluding ortho intramolecular Hbond substituents is 1. The van der Waals surface area contributed by atoms with E-state index in [-0.39, 0.29) is 24.5 Å². The monoisotopic (exact) mass is 324 g/mol. The Labute approximate surface area is 135 Å². The number of carboxylic acid groups (broad SMARTS) is 1. The van der Waals surface area contributed by atoms with E-state index in [2.05, 4.69) is 5.32 Å². The van der Waals surface area contributed by atoms with Crippen LogP contribution in [0, 0.1) is 5.92 Å². The van der Waals surface area contributed by atoms with Crippen LogP contribution in [0.4, 0.5) is 0 Å². The van der Waals surface area contributed by atoms with E-state index < -0.39 is 30.1 Å². The fourth-order valence-corrected chi connectivity index (χ4v) is 2.16. The number of aliphatic hydroxyl groups is 1. The zero-order valence-electron chi connectivity index (χ0n) is 13.3. The lowest BCUT2D eigenvalue weighted by molar-refractivity contribution is -0.144. The van der Waals surface area contributed by atoms with E-state index in [1.165, 1.54) is 12.1 Å². The molecule has 0 aromatic heterocycles. The first kappa shape index (κ1) is 18.9. The normalized spacial score (nSPS) is 15.0. The lowest BCUT2D eigenvalue weighted by Gasteiger charge is -2.22. The molecule has 0 fully saturated rings. The van der Waals surface area contributed by atoms with Gasteiger partial charge in [-0.15, -0.1) is 0 Å². The second-order valence-corrected chi connectivity index (χ2v) is 6.01. The maximum Gasteiger partial charge on any atom is 0.326 e. The topological polar surface area (TPSA) is 133 Å². The van der Waals surface area contributed by atoms with Gasteiger partial charge >= 0.3 is 5.97 Å². The third-order valence-electron chi connectivity index (χ3n) is 3.40. The molecule has 23 heavy (non-hydrogen) atoms. The Morgan fingerprint density at radius 1 is 1.22 bits per heavy atom. The minimum absolute atomic E-state index is 0.0826. The molecule has 0 aliphatic rings. The van der Waals surface area contributed by atoms with E-state index in [9.17, 15) is 19.8 Å². The van der Waals surface area contributed by atoms with Gasteiger partial charge < -0.3 is 26.4 Å². The van der Waals surface area contributed by atoms with Crippen LogP contribution in [-0.2, 0) is 16.0 Å². The van der Waals surface area contributed by atoms with Gasteiger partial charge in [0, 0.05) is 6.04 Å². The summed E-state index contributed by atoms with van der Waals surface area (Å²) in [6, 6.07) is 4.30. The van der Waals surface area contributed by atoms with Gasteiger partial charge in [0.25, 0.3) is 5.91 Å². The van der Waals surface area contributed by atoms with Gasteiger partial charge in [-0.2, -0.15) is 0 Å². The van der Waals surface area contributed by atoms with Gasteiger partial charge in [0.05, 0.1) is 0 Å². The zero-order chi connectivity index (χ0) is 17.6. The highest BCUT2D eigenvalue weighted by Gasteiger charge is 2.28. The van der Waals surface area contributed by atoms with Crippen molar-refractivity contribution in [3.8, 4) is 5.75 Å². The number of carbonyl (C=O) groups is 2. The molecule has 0 aliphatic carbocycles. The van der Waals surface area contributed by atoms with Crippen LogP contribution < -0.4 is 11.1 Å². The van der Waals surface area contributed by atoms with Crippen molar-refractivity contribution in [3.05, 3.63) is 29.8 Å². The fraction of sp³-hybridized carbons (Fsp3) is 0.500. The third-order valence-corrected chi connectivity index (χ3v) is 3.40. The van der Waals surface area contributed by atoms with Gasteiger partial charge in [0.1, 0.15) is 17.9 Å². The summed E-state index contributed by atoms with van der Waals surface area (Å²) in [5.41, 5.74) is 6.57. The number of carbonyl (C=O) groups excluding carboxylic acids is 1. The van der Waals surface area contributed by atoms with Gasteiger partial charge in [-0.25, -0.2) is 4.79 Å². The number of carboxylic acids is 1. The van der Waals surface area contributed by atoms with Crippen LogP contribution in [0.1, 0.15) is 25.8 Å². The van der Waals surface area contributed by atoms with Crippen molar-refractivity contribution in [3.63, 3.8) is 0 Å². The zero-order valence-corrected chi connectivity index (χ0v) is 13.3. The molecule has 0 saturated carbocycles. The van der Waals surface area contributed by atoms with E-state index in [1.54, 1.807) is 12.1 Å². The first-order valence-corrected chi connectivity index (χ1v) is 7.45. The molecular formula is C16H24N2O5. The molecule has 128 valence electrons. The van der Waals surface area contributed by atoms with Gasteiger partial charge in [0.15, 0.2) is 0 Å². The maximum atomic E-state index is 12.0. The van der Waals surface area contributed by atoms with Gasteiger partial charge in [-0.3, -0.25) is 4.79 Å². The van der Waals surface area contributed by atoms with Crippen LogP contribution in [0.2, 0.25) is 0 Å². The molecule has 1 rings (SSSR count). The summed E-state index contributed by atoms with van der Waals surface area (Å²) in [7, 11) is 0. The highest BCUT2D eigenvalue weighted by atomic mass is 16.4. The summed E-state index contributed by atoms with van der Waals surface area (Å²) in [5, 5.41) is 30.6. The van der Waals surface area contributed by atoms with Crippen LogP contribution in [-0.4, -0.2) is 45.4 Å². The molecule has 0 spiro atoms. The van der Waals surface area contributed by atoms with Crippen LogP contribution in [0.3, 0.4) is 0 Å². The van der Waals surface area contributed by atoms with Crippen molar-refractivity contribution in [2.45, 2.75) is 44.9 Å². The molecule has 3 atom stereocenters. The minimum atomic E-state index is -1.52. The number of aromatic hydroxyl groups is 1. The molecule has 7 nitrogen and oxygen atoms in total. The molecule has 0 bridgehead atoms. The van der Waals surface area contributed by atoms with Crippen molar-refractivity contribution in [1.29, 1.82) is 0 Å². The summed E-state index contributed by atoms with van der Waals surface area (Å²) in [4.78, 5) is 23.1. The maximum absolute atomic E-state index is 12.0. The number of nitrogens with one attached hydrogen (secondary N) is 1. The van der Waals surface area contributed by atoms with E-state index in [1.807, 2.05) is 13.8 Å². The molecule has 0 radical (unpaired) electrons. The molecule has 7 heteroatoms. The highest BCUT2D eigenvalue weighted by Crippen LogP contribution is 2.12. The predicted molar refractivity (Wildman–Crippen MR) is 84.8 cm³/mol. The average molecular weight is 324 g/mol. The quantitative estimate of drug-likeness (QED) is 0.465. The average Bonchev–Trinajstić information content (AvgIpc) is 2.47. The number of rotatable bonds is 8. The molecule has 6 N–H and O–H groups in total. The minimum Gasteiger partial charge on any atom is -0.508 e. The fourth-order valence-electron chi connectivity index (χ4n) is 2.16. The first-order valence-electron chi connectivity index (χ1n) is 7.45. The Hall–Kier alpha value is -2.12. The van der Waals surface area contributed by atoms with Crippen LogP contribution >= 0.6 is 0 Å². The van der Waals surface area contributed by atoms with E-state index in [0.717, 1.165) is 5.56 Å². The number of aliphatic hydroxyl groups excluding tert-OH is 1. The smallest absolute Gasteiger partial charge is 0.326 e. The largest absolute Gasteiger partial charge is 0.508 e. The van der Waals surface area contributed by atoms with E-state index in [4.69, 9.17) is 10.8 Å². The SMILES string of the molecule is CC(C)C[C@H](NC(=O)[C@@H](O)[C@H](N)Cc1ccc(O)cc1)C(=O)O. The molecule has 1 amide bonds. The van der Waals surface area contributed by atoms with Crippen molar-refractivity contribution >= 4 is 11.9 Å². The number of hydrogen-bond acceptors (Lipinski definition) is 5. The predicted octanol–water partition coefficient (Wildman–Crippen LogP) is 0.238. The molecule has 0 unspecified atom stereocenters. The van der Waals surface area contributed by atoms with Crippen molar-refractivity contribution in [2.24, 2.45) is 11.7 Å². The van der Waals surface area contributed by atoms with Crippen molar-refractivity contribution in [1.82, 2.24) is 5.32 Å². The highest BCUT2D eigenvalue weighted by molar-refractivity contribution is 5.86. The summed E-state index contributed by atoms with van der Waals surface area (Å²) >= 11 is 0. The van der Waals surface area contributed by atoms with Gasteiger partial charge in [-0.05, 0) is 36.5 Å². The molecule has 1 aromatic rings. The van der Waals surface area contributed by atoms with Crippen LogP contribution in [0.15, 0.2) is 24.3 Å². The van der Waals surface area contributed by atoms with Gasteiger partial charge in [-0.1, -0.05) is 26.0 Å². The summed E-state index contributed by atoms with van der Waals surface area (Å²) in [6.07, 6.45) is -1.03. The molecule has 0 saturated heterocycles. The molecule has 0 aliphatic heterocycles. The van der Waals surface area contributed by atoms with Crippen molar-refractivity contribution in [2.75, 3.05) is 0 Å². The third kappa shape index (κ3) is 6.25. The lowest BCUT2D eigenvalue weighted by atomic mass is 10.00. The lowest BCUT2D eigenvalue weighted by Crippen LogP contribution is -2.52. The number of aliphatic carboxylic acids is 1. The second kappa shape index (κ2) is 8.50. The number of nitrogens with two attached hydrogens (primary N) is 1. The van der Waals surface area contributed by atoms with Crippen molar-refractivity contribution < 1.29 is 24.9 Å². The van der Waals surface area contributed by atoms with Gasteiger partial charge in [0.2, 0.25) is 0 Å². The summed E-state index contributed by atoms with van der Waals surface area (Å²) in [5.74, 6) is -1.76. The van der Waals surface area contributed by atoms with E-state index >= 15 is 0 Å². The summed E-state index contributed by atoms with van der Waals surface area (Å²) < 4.78 is 0. The number of phenols is 1. The Bertz CT molecular complexity index is 530. The van der Waals surface area contributed by atoms with Crippen LogP contribution in [0.5, 0.6) is 5.75 Å². The van der Waals surface area contributed by atoms with E-state index in [0.29, 0.717) is 0 Å². The standard InChI is InChI=1S/C16H24N2O5/c1-9(2)7-13(16(22)23)18-15(21)14(20)12(17)8-10-3-5-11(19)6-4-10/h3-6,9,12-14,19-20H,7-8,17H2,1-2H3,(H,18,21)(H,22,23)/t12-,13+,14+/m1/s1.